The van der Waals surface area contributed by atoms with Gasteiger partial charge in [-0.2, -0.15) is 0 Å². The van der Waals surface area contributed by atoms with E-state index in [2.05, 4.69) is 43.9 Å². The molecule has 7 nitrogen and oxygen atoms in total. The van der Waals surface area contributed by atoms with Crippen molar-refractivity contribution in [2.45, 2.75) is 108 Å². The second-order valence-electron chi connectivity index (χ2n) is 11.9. The molecule has 2 aliphatic rings. The van der Waals surface area contributed by atoms with E-state index in [1.807, 2.05) is 13.8 Å². The van der Waals surface area contributed by atoms with Crippen LogP contribution in [0.2, 0.25) is 18.1 Å². The molecule has 3 rings (SSSR count). The van der Waals surface area contributed by atoms with Crippen LogP contribution in [0, 0.1) is 18.8 Å². The number of hydrogen-bond acceptors (Lipinski definition) is 5. The number of carbonyl (C=O) groups is 2. The standard InChI is InChI=1S/C26H42N2O5SSi/c1-16-13-14-21(34(31,32)28-19-11-9-10-12-19)20(15-16)24(29)17(2)23-22(25(30)27-23)18(3)33-35(7,8)26(4,5)6/h13-15,17-19,22-23,28H,9-12H2,1-8H3,(H,27,30)/t17-,18-,22-,23-/m1/s1. The lowest BCUT2D eigenvalue weighted by molar-refractivity contribution is -0.141. The molecule has 1 aromatic carbocycles. The van der Waals surface area contributed by atoms with Crippen molar-refractivity contribution in [1.82, 2.24) is 10.0 Å². The van der Waals surface area contributed by atoms with E-state index in [1.54, 1.807) is 19.1 Å². The van der Waals surface area contributed by atoms with Crippen LogP contribution < -0.4 is 10.0 Å². The predicted molar refractivity (Wildman–Crippen MR) is 140 cm³/mol. The average Bonchev–Trinajstić information content (AvgIpc) is 3.21. The molecule has 1 aliphatic heterocycles. The first-order chi connectivity index (χ1) is 16.0. The van der Waals surface area contributed by atoms with Gasteiger partial charge in [0.1, 0.15) is 0 Å². The molecule has 2 fully saturated rings. The molecule has 4 atom stereocenters. The van der Waals surface area contributed by atoms with E-state index in [0.29, 0.717) is 0 Å². The zero-order valence-electron chi connectivity index (χ0n) is 22.4. The van der Waals surface area contributed by atoms with Crippen molar-refractivity contribution in [1.29, 1.82) is 0 Å². The van der Waals surface area contributed by atoms with Crippen LogP contribution >= 0.6 is 0 Å². The number of aryl methyl sites for hydroxylation is 1. The van der Waals surface area contributed by atoms with E-state index in [-0.39, 0.29) is 39.3 Å². The molecule has 1 aromatic rings. The summed E-state index contributed by atoms with van der Waals surface area (Å²) >= 11 is 0. The zero-order valence-corrected chi connectivity index (χ0v) is 24.2. The van der Waals surface area contributed by atoms with Crippen molar-refractivity contribution in [2.24, 2.45) is 11.8 Å². The van der Waals surface area contributed by atoms with Gasteiger partial charge < -0.3 is 9.74 Å². The Balaban J connectivity index is 1.84. The first-order valence-corrected chi connectivity index (χ1v) is 17.1. The smallest absolute Gasteiger partial charge is 0.241 e. The molecule has 35 heavy (non-hydrogen) atoms. The topological polar surface area (TPSA) is 102 Å². The Hall–Kier alpha value is -1.55. The SMILES string of the molecule is Cc1ccc(S(=O)(=O)NC2CCCC2)c(C(=O)[C@H](C)[C@H]2NC(=O)[C@@H]2[C@@H](C)O[Si](C)(C)C(C)(C)C)c1. The van der Waals surface area contributed by atoms with Gasteiger partial charge >= 0.3 is 0 Å². The average molecular weight is 523 g/mol. The first kappa shape index (κ1) is 28.0. The van der Waals surface area contributed by atoms with Crippen molar-refractivity contribution in [3.8, 4) is 0 Å². The van der Waals surface area contributed by atoms with E-state index in [4.69, 9.17) is 4.43 Å². The number of ketones is 1. The number of nitrogens with one attached hydrogen (secondary N) is 2. The summed E-state index contributed by atoms with van der Waals surface area (Å²) in [5.41, 5.74) is 0.991. The number of Topliss-reactive ketones (excluding diaryl/α,β-unsaturated/α-hetero) is 1. The summed E-state index contributed by atoms with van der Waals surface area (Å²) in [6, 6.07) is 4.38. The van der Waals surface area contributed by atoms with Crippen LogP contribution in [0.1, 0.15) is 76.2 Å². The van der Waals surface area contributed by atoms with Gasteiger partial charge in [-0.1, -0.05) is 52.2 Å². The molecular formula is C26H42N2O5SSi. The third-order valence-electron chi connectivity index (χ3n) is 8.11. The Morgan fingerprint density at radius 1 is 1.17 bits per heavy atom. The molecule has 1 saturated heterocycles. The van der Waals surface area contributed by atoms with Gasteiger partial charge in [0.05, 0.1) is 23.0 Å². The molecule has 196 valence electrons. The van der Waals surface area contributed by atoms with Crippen molar-refractivity contribution >= 4 is 30.0 Å². The summed E-state index contributed by atoms with van der Waals surface area (Å²) in [4.78, 5) is 26.3. The minimum Gasteiger partial charge on any atom is -0.413 e. The highest BCUT2D eigenvalue weighted by Gasteiger charge is 2.50. The van der Waals surface area contributed by atoms with Gasteiger partial charge in [-0.3, -0.25) is 9.59 Å². The summed E-state index contributed by atoms with van der Waals surface area (Å²) in [5, 5.41) is 2.89. The van der Waals surface area contributed by atoms with Crippen LogP contribution in [0.15, 0.2) is 23.1 Å². The number of β-lactam (4-membered cyclic amide) rings is 1. The van der Waals surface area contributed by atoms with E-state index in [9.17, 15) is 18.0 Å². The third kappa shape index (κ3) is 5.89. The van der Waals surface area contributed by atoms with Gasteiger partial charge in [0.15, 0.2) is 14.1 Å². The normalized spacial score (nSPS) is 23.5. The van der Waals surface area contributed by atoms with Gasteiger partial charge in [-0.15, -0.1) is 0 Å². The number of sulfonamides is 1. The Bertz CT molecular complexity index is 1070. The van der Waals surface area contributed by atoms with Crippen LogP contribution in [-0.2, 0) is 19.2 Å². The summed E-state index contributed by atoms with van der Waals surface area (Å²) in [6.45, 7) is 16.2. The Morgan fingerprint density at radius 2 is 1.77 bits per heavy atom. The third-order valence-corrected chi connectivity index (χ3v) is 14.3. The molecule has 0 spiro atoms. The molecule has 2 N–H and O–H groups in total. The molecule has 0 unspecified atom stereocenters. The van der Waals surface area contributed by atoms with E-state index >= 15 is 0 Å². The fourth-order valence-corrected chi connectivity index (χ4v) is 7.81. The minimum absolute atomic E-state index is 0.00441. The van der Waals surface area contributed by atoms with Crippen LogP contribution in [0.5, 0.6) is 0 Å². The van der Waals surface area contributed by atoms with Gasteiger partial charge in [-0.25, -0.2) is 13.1 Å². The number of amides is 1. The quantitative estimate of drug-likeness (QED) is 0.281. The summed E-state index contributed by atoms with van der Waals surface area (Å²) in [6.07, 6.45) is 3.29. The molecule has 0 radical (unpaired) electrons. The van der Waals surface area contributed by atoms with E-state index in [1.165, 1.54) is 6.07 Å². The number of hydrogen-bond donors (Lipinski definition) is 2. The van der Waals surface area contributed by atoms with E-state index < -0.39 is 36.2 Å². The second kappa shape index (κ2) is 10.1. The van der Waals surface area contributed by atoms with Crippen molar-refractivity contribution in [2.75, 3.05) is 0 Å². The maximum Gasteiger partial charge on any atom is 0.241 e. The summed E-state index contributed by atoms with van der Waals surface area (Å²) in [7, 11) is -5.95. The molecule has 1 heterocycles. The number of benzene rings is 1. The summed E-state index contributed by atoms with van der Waals surface area (Å²) in [5.74, 6) is -1.45. The maximum absolute atomic E-state index is 13.7. The molecule has 9 heteroatoms. The molecule has 1 aliphatic carbocycles. The van der Waals surface area contributed by atoms with Gasteiger partial charge in [0, 0.05) is 17.5 Å². The van der Waals surface area contributed by atoms with Gasteiger partial charge in [0.2, 0.25) is 15.9 Å². The van der Waals surface area contributed by atoms with Crippen LogP contribution in [0.4, 0.5) is 0 Å². The lowest BCUT2D eigenvalue weighted by Crippen LogP contribution is -2.66. The molecule has 0 bridgehead atoms. The Kier molecular flexibility index (Phi) is 8.06. The summed E-state index contributed by atoms with van der Waals surface area (Å²) < 4.78 is 35.7. The number of carbonyl (C=O) groups excluding carboxylic acids is 2. The van der Waals surface area contributed by atoms with Crippen molar-refractivity contribution in [3.05, 3.63) is 29.3 Å². The van der Waals surface area contributed by atoms with Crippen molar-refractivity contribution in [3.63, 3.8) is 0 Å². The first-order valence-electron chi connectivity index (χ1n) is 12.7. The van der Waals surface area contributed by atoms with Gasteiger partial charge in [0.25, 0.3) is 0 Å². The van der Waals surface area contributed by atoms with Crippen LogP contribution in [0.3, 0.4) is 0 Å². The highest BCUT2D eigenvalue weighted by molar-refractivity contribution is 7.89. The molecular weight excluding hydrogens is 480 g/mol. The lowest BCUT2D eigenvalue weighted by Gasteiger charge is -2.47. The minimum atomic E-state index is -3.84. The van der Waals surface area contributed by atoms with E-state index in [0.717, 1.165) is 31.2 Å². The predicted octanol–water partition coefficient (Wildman–Crippen LogP) is 4.56. The fourth-order valence-electron chi connectivity index (χ4n) is 4.88. The fraction of sp³-hybridized carbons (Fsp3) is 0.692. The largest absolute Gasteiger partial charge is 0.413 e. The number of rotatable bonds is 9. The molecule has 1 amide bonds. The van der Waals surface area contributed by atoms with Crippen LogP contribution in [0.25, 0.3) is 0 Å². The highest BCUT2D eigenvalue weighted by atomic mass is 32.2. The lowest BCUT2D eigenvalue weighted by atomic mass is 9.76. The van der Waals surface area contributed by atoms with Gasteiger partial charge in [-0.05, 0) is 57.0 Å². The second-order valence-corrected chi connectivity index (χ2v) is 18.3. The zero-order chi connectivity index (χ0) is 26.3. The Morgan fingerprint density at radius 3 is 2.31 bits per heavy atom. The maximum atomic E-state index is 13.7. The van der Waals surface area contributed by atoms with Crippen LogP contribution in [-0.4, -0.2) is 46.6 Å². The Labute approximate surface area is 212 Å². The molecule has 0 aromatic heterocycles. The van der Waals surface area contributed by atoms with Crippen molar-refractivity contribution < 1.29 is 22.4 Å². The molecule has 1 saturated carbocycles. The monoisotopic (exact) mass is 522 g/mol. The highest BCUT2D eigenvalue weighted by Crippen LogP contribution is 2.40.